The van der Waals surface area contributed by atoms with Gasteiger partial charge in [0.15, 0.2) is 0 Å². The largest absolute Gasteiger partial charge is 0.333 e. The topological polar surface area (TPSA) is 37.2 Å². The van der Waals surface area contributed by atoms with Gasteiger partial charge < -0.3 is 4.57 Å². The second-order valence-corrected chi connectivity index (χ2v) is 6.78. The molecule has 0 spiro atoms. The molecule has 130 valence electrons. The predicted octanol–water partition coefficient (Wildman–Crippen LogP) is 2.36. The number of hydrogen-bond acceptors (Lipinski definition) is 4. The van der Waals surface area contributed by atoms with Crippen molar-refractivity contribution >= 4 is 0 Å². The molecule has 0 aliphatic carbocycles. The minimum atomic E-state index is 0.545. The smallest absolute Gasteiger partial charge is 0.108 e. The third kappa shape index (κ3) is 4.02. The summed E-state index contributed by atoms with van der Waals surface area (Å²) in [7, 11) is 0. The van der Waals surface area contributed by atoms with Crippen molar-refractivity contribution < 1.29 is 0 Å². The van der Waals surface area contributed by atoms with Crippen LogP contribution < -0.4 is 0 Å². The summed E-state index contributed by atoms with van der Waals surface area (Å²) >= 11 is 0. The average molecular weight is 327 g/mol. The van der Waals surface area contributed by atoms with E-state index in [1.807, 2.05) is 18.5 Å². The quantitative estimate of drug-likeness (QED) is 0.816. The Hall–Kier alpha value is -1.72. The first-order chi connectivity index (χ1) is 11.7. The molecule has 1 unspecified atom stereocenters. The van der Waals surface area contributed by atoms with E-state index in [1.165, 1.54) is 17.1 Å². The standard InChI is InChI=1S/C19H29N5/c1-4-19-21-8-9-24(19)14-17(3)23-12-10-22(11-13-23)15-18-16(2)6-5-7-20-18/h5-9,17H,4,10-15H2,1-3H3. The summed E-state index contributed by atoms with van der Waals surface area (Å²) in [6, 6.07) is 4.71. The molecule has 1 fully saturated rings. The SMILES string of the molecule is CCc1nccn1CC(C)N1CCN(Cc2ncccc2C)CC1. The summed E-state index contributed by atoms with van der Waals surface area (Å²) in [6.07, 6.45) is 6.92. The van der Waals surface area contributed by atoms with E-state index >= 15 is 0 Å². The molecule has 1 aliphatic rings. The van der Waals surface area contributed by atoms with Gasteiger partial charge in [0.1, 0.15) is 5.82 Å². The molecule has 0 N–H and O–H groups in total. The lowest BCUT2D eigenvalue weighted by molar-refractivity contribution is 0.0900. The van der Waals surface area contributed by atoms with Crippen molar-refractivity contribution in [3.05, 3.63) is 47.8 Å². The van der Waals surface area contributed by atoms with Gasteiger partial charge in [0.25, 0.3) is 0 Å². The highest BCUT2D eigenvalue weighted by Gasteiger charge is 2.22. The predicted molar refractivity (Wildman–Crippen MR) is 96.9 cm³/mol. The normalized spacial score (nSPS) is 18.0. The maximum Gasteiger partial charge on any atom is 0.108 e. The van der Waals surface area contributed by atoms with Crippen molar-refractivity contribution in [3.8, 4) is 0 Å². The molecule has 5 heteroatoms. The maximum atomic E-state index is 4.53. The van der Waals surface area contributed by atoms with Crippen LogP contribution in [0, 0.1) is 6.92 Å². The Morgan fingerprint density at radius 1 is 1.12 bits per heavy atom. The van der Waals surface area contributed by atoms with Gasteiger partial charge in [-0.1, -0.05) is 13.0 Å². The molecule has 0 bridgehead atoms. The van der Waals surface area contributed by atoms with Crippen LogP contribution >= 0.6 is 0 Å². The lowest BCUT2D eigenvalue weighted by Crippen LogP contribution is -2.50. The third-order valence-electron chi connectivity index (χ3n) is 5.10. The van der Waals surface area contributed by atoms with Crippen LogP contribution in [0.3, 0.4) is 0 Å². The van der Waals surface area contributed by atoms with Crippen LogP contribution in [0.2, 0.25) is 0 Å². The number of hydrogen-bond donors (Lipinski definition) is 0. The molecular weight excluding hydrogens is 298 g/mol. The van der Waals surface area contributed by atoms with Gasteiger partial charge in [-0.05, 0) is 25.5 Å². The molecule has 0 aromatic carbocycles. The Morgan fingerprint density at radius 2 is 1.92 bits per heavy atom. The van der Waals surface area contributed by atoms with Crippen molar-refractivity contribution in [3.63, 3.8) is 0 Å². The number of pyridine rings is 1. The first-order valence-corrected chi connectivity index (χ1v) is 9.04. The van der Waals surface area contributed by atoms with Gasteiger partial charge in [-0.15, -0.1) is 0 Å². The number of aromatic nitrogens is 3. The molecule has 0 radical (unpaired) electrons. The molecule has 24 heavy (non-hydrogen) atoms. The summed E-state index contributed by atoms with van der Waals surface area (Å²) in [4.78, 5) is 14.1. The highest BCUT2D eigenvalue weighted by atomic mass is 15.3. The van der Waals surface area contributed by atoms with E-state index < -0.39 is 0 Å². The Labute approximate surface area is 145 Å². The Bertz CT molecular complexity index is 643. The minimum Gasteiger partial charge on any atom is -0.333 e. The second-order valence-electron chi connectivity index (χ2n) is 6.78. The highest BCUT2D eigenvalue weighted by molar-refractivity contribution is 5.17. The van der Waals surface area contributed by atoms with Crippen LogP contribution in [0.25, 0.3) is 0 Å². The highest BCUT2D eigenvalue weighted by Crippen LogP contribution is 2.13. The molecular formula is C19H29N5. The van der Waals surface area contributed by atoms with Gasteiger partial charge in [0.2, 0.25) is 0 Å². The second kappa shape index (κ2) is 7.90. The fourth-order valence-corrected chi connectivity index (χ4v) is 3.48. The summed E-state index contributed by atoms with van der Waals surface area (Å²) in [5.74, 6) is 1.19. The zero-order chi connectivity index (χ0) is 16.9. The average Bonchev–Trinajstić information content (AvgIpc) is 3.04. The van der Waals surface area contributed by atoms with Gasteiger partial charge in [-0.2, -0.15) is 0 Å². The molecule has 0 amide bonds. The number of nitrogens with zero attached hydrogens (tertiary/aromatic N) is 5. The lowest BCUT2D eigenvalue weighted by atomic mass is 10.2. The van der Waals surface area contributed by atoms with Gasteiger partial charge in [0.05, 0.1) is 5.69 Å². The molecule has 2 aromatic heterocycles. The van der Waals surface area contributed by atoms with Crippen LogP contribution in [0.5, 0.6) is 0 Å². The van der Waals surface area contributed by atoms with Crippen molar-refractivity contribution in [1.29, 1.82) is 0 Å². The third-order valence-corrected chi connectivity index (χ3v) is 5.10. The van der Waals surface area contributed by atoms with Crippen LogP contribution in [0.4, 0.5) is 0 Å². The van der Waals surface area contributed by atoms with Crippen molar-refractivity contribution in [2.45, 2.75) is 46.3 Å². The molecule has 1 aliphatic heterocycles. The monoisotopic (exact) mass is 327 g/mol. The number of rotatable bonds is 6. The molecule has 3 heterocycles. The van der Waals surface area contributed by atoms with E-state index in [4.69, 9.17) is 0 Å². The van der Waals surface area contributed by atoms with E-state index in [0.717, 1.165) is 45.7 Å². The van der Waals surface area contributed by atoms with Crippen LogP contribution in [-0.2, 0) is 19.5 Å². The zero-order valence-electron chi connectivity index (χ0n) is 15.1. The molecule has 2 aromatic rings. The van der Waals surface area contributed by atoms with Gasteiger partial charge in [-0.25, -0.2) is 4.98 Å². The molecule has 0 saturated carbocycles. The number of aryl methyl sites for hydroxylation is 2. The summed E-state index contributed by atoms with van der Waals surface area (Å²) in [6.45, 7) is 13.1. The van der Waals surface area contributed by atoms with Gasteiger partial charge in [-0.3, -0.25) is 14.8 Å². The summed E-state index contributed by atoms with van der Waals surface area (Å²) < 4.78 is 2.30. The number of imidazole rings is 1. The summed E-state index contributed by atoms with van der Waals surface area (Å²) in [5, 5.41) is 0. The van der Waals surface area contributed by atoms with Crippen molar-refractivity contribution in [2.75, 3.05) is 26.2 Å². The maximum absolute atomic E-state index is 4.53. The Balaban J connectivity index is 1.50. The van der Waals surface area contributed by atoms with E-state index in [0.29, 0.717) is 6.04 Å². The fraction of sp³-hybridized carbons (Fsp3) is 0.579. The van der Waals surface area contributed by atoms with Crippen LogP contribution in [0.15, 0.2) is 30.7 Å². The minimum absolute atomic E-state index is 0.545. The zero-order valence-corrected chi connectivity index (χ0v) is 15.1. The van der Waals surface area contributed by atoms with Gasteiger partial charge >= 0.3 is 0 Å². The van der Waals surface area contributed by atoms with Crippen LogP contribution in [0.1, 0.15) is 30.9 Å². The molecule has 3 rings (SSSR count). The summed E-state index contributed by atoms with van der Waals surface area (Å²) in [5.41, 5.74) is 2.51. The lowest BCUT2D eigenvalue weighted by Gasteiger charge is -2.38. The van der Waals surface area contributed by atoms with Crippen molar-refractivity contribution in [2.24, 2.45) is 0 Å². The van der Waals surface area contributed by atoms with E-state index in [9.17, 15) is 0 Å². The van der Waals surface area contributed by atoms with Crippen molar-refractivity contribution in [1.82, 2.24) is 24.3 Å². The number of piperazine rings is 1. The Kier molecular flexibility index (Phi) is 5.63. The van der Waals surface area contributed by atoms with E-state index in [2.05, 4.69) is 57.4 Å². The van der Waals surface area contributed by atoms with Gasteiger partial charge in [0, 0.05) is 70.3 Å². The van der Waals surface area contributed by atoms with E-state index in [-0.39, 0.29) is 0 Å². The van der Waals surface area contributed by atoms with Crippen LogP contribution in [-0.4, -0.2) is 56.6 Å². The fourth-order valence-electron chi connectivity index (χ4n) is 3.48. The first kappa shape index (κ1) is 17.1. The molecule has 5 nitrogen and oxygen atoms in total. The first-order valence-electron chi connectivity index (χ1n) is 9.04. The molecule has 1 atom stereocenters. The Morgan fingerprint density at radius 3 is 2.62 bits per heavy atom. The van der Waals surface area contributed by atoms with E-state index in [1.54, 1.807) is 0 Å². The molecule has 1 saturated heterocycles.